The number of pyridine rings is 1. The fourth-order valence-corrected chi connectivity index (χ4v) is 3.79. The van der Waals surface area contributed by atoms with Crippen LogP contribution < -0.4 is 10.2 Å². The lowest BCUT2D eigenvalue weighted by molar-refractivity contribution is -0.192. The molecule has 0 bridgehead atoms. The largest absolute Gasteiger partial charge is 0.501 e. The van der Waals surface area contributed by atoms with Gasteiger partial charge >= 0.3 is 23.7 Å². The van der Waals surface area contributed by atoms with Gasteiger partial charge in [-0.2, -0.15) is 26.3 Å². The minimum Gasteiger partial charge on any atom is -0.475 e. The van der Waals surface area contributed by atoms with Crippen molar-refractivity contribution in [3.05, 3.63) is 53.9 Å². The van der Waals surface area contributed by atoms with E-state index >= 15 is 0 Å². The number of aliphatic carboxylic acids is 1. The average Bonchev–Trinajstić information content (AvgIpc) is 2.97. The molecule has 1 fully saturated rings. The van der Waals surface area contributed by atoms with Crippen LogP contribution in [0.15, 0.2) is 47.6 Å². The summed E-state index contributed by atoms with van der Waals surface area (Å²) < 4.78 is 92.7. The number of halogens is 6. The maximum Gasteiger partial charge on any atom is 0.501 e. The highest BCUT2D eigenvalue weighted by atomic mass is 32.2. The van der Waals surface area contributed by atoms with Gasteiger partial charge in [-0.3, -0.25) is 9.78 Å². The molecule has 36 heavy (non-hydrogen) atoms. The fourth-order valence-electron chi connectivity index (χ4n) is 3.03. The molecule has 1 aliphatic heterocycles. The van der Waals surface area contributed by atoms with E-state index in [1.807, 2.05) is 6.92 Å². The third-order valence-electron chi connectivity index (χ3n) is 4.89. The van der Waals surface area contributed by atoms with Crippen LogP contribution in [0.4, 0.5) is 36.8 Å². The second-order valence-electron chi connectivity index (χ2n) is 7.63. The van der Waals surface area contributed by atoms with Gasteiger partial charge in [-0.25, -0.2) is 22.9 Å². The molecule has 3 amide bonds. The first-order valence-corrected chi connectivity index (χ1v) is 11.1. The van der Waals surface area contributed by atoms with Gasteiger partial charge in [0.05, 0.1) is 10.6 Å². The number of aryl methyl sites for hydroxylation is 1. The Morgan fingerprint density at radius 1 is 1.08 bits per heavy atom. The number of carboxylic acids is 1. The highest BCUT2D eigenvalue weighted by Crippen LogP contribution is 2.33. The second-order valence-corrected chi connectivity index (χ2v) is 9.57. The third-order valence-corrected chi connectivity index (χ3v) is 6.40. The molecule has 0 aliphatic carbocycles. The Morgan fingerprint density at radius 3 is 2.06 bits per heavy atom. The SMILES string of the molecule is Cc1cnccc1C[C@]1(C)NC(=O)N(c2ccc(S(=O)(=O)C(F)(F)F)cc2)C1=O.O=C(O)C(F)(F)F. The smallest absolute Gasteiger partial charge is 0.475 e. The molecule has 3 rings (SSSR count). The zero-order chi connectivity index (χ0) is 27.7. The monoisotopic (exact) mass is 541 g/mol. The molecule has 2 N–H and O–H groups in total. The van der Waals surface area contributed by atoms with Gasteiger partial charge in [-0.05, 0) is 55.3 Å². The number of nitrogens with one attached hydrogen (secondary N) is 1. The Labute approximate surface area is 199 Å². The molecule has 2 heterocycles. The number of sulfone groups is 1. The minimum absolute atomic E-state index is 0.0381. The Hall–Kier alpha value is -3.69. The summed E-state index contributed by atoms with van der Waals surface area (Å²) in [4.78, 5) is 38.0. The highest BCUT2D eigenvalue weighted by molar-refractivity contribution is 7.92. The number of carboxylic acid groups (broad SMARTS) is 1. The quantitative estimate of drug-likeness (QED) is 0.448. The number of amides is 3. The normalized spacial score (nSPS) is 18.4. The predicted molar refractivity (Wildman–Crippen MR) is 110 cm³/mol. The molecule has 1 atom stereocenters. The molecule has 9 nitrogen and oxygen atoms in total. The number of alkyl halides is 6. The van der Waals surface area contributed by atoms with Crippen molar-refractivity contribution in [3.63, 3.8) is 0 Å². The van der Waals surface area contributed by atoms with Crippen LogP contribution in [0, 0.1) is 6.92 Å². The van der Waals surface area contributed by atoms with E-state index < -0.39 is 49.9 Å². The lowest BCUT2D eigenvalue weighted by Crippen LogP contribution is -2.46. The fraction of sp³-hybridized carbons (Fsp3) is 0.300. The summed E-state index contributed by atoms with van der Waals surface area (Å²) in [5, 5.41) is 9.72. The van der Waals surface area contributed by atoms with E-state index in [2.05, 4.69) is 10.3 Å². The summed E-state index contributed by atoms with van der Waals surface area (Å²) in [6.45, 7) is 3.35. The van der Waals surface area contributed by atoms with Gasteiger partial charge in [0, 0.05) is 18.8 Å². The second kappa shape index (κ2) is 9.75. The Morgan fingerprint density at radius 2 is 1.61 bits per heavy atom. The van der Waals surface area contributed by atoms with Crippen LogP contribution in [-0.4, -0.2) is 53.6 Å². The average molecular weight is 541 g/mol. The van der Waals surface area contributed by atoms with Crippen molar-refractivity contribution >= 4 is 33.4 Å². The van der Waals surface area contributed by atoms with Gasteiger partial charge in [-0.15, -0.1) is 0 Å². The van der Waals surface area contributed by atoms with Crippen LogP contribution in [0.25, 0.3) is 0 Å². The van der Waals surface area contributed by atoms with Crippen LogP contribution in [0.1, 0.15) is 18.1 Å². The topological polar surface area (TPSA) is 134 Å². The number of carbonyl (C=O) groups excluding carboxylic acids is 2. The number of imide groups is 1. The number of urea groups is 1. The van der Waals surface area contributed by atoms with Gasteiger partial charge in [0.15, 0.2) is 0 Å². The van der Waals surface area contributed by atoms with Crippen molar-refractivity contribution in [1.29, 1.82) is 0 Å². The zero-order valence-electron chi connectivity index (χ0n) is 18.3. The number of carbonyl (C=O) groups is 3. The maximum absolute atomic E-state index is 12.9. The van der Waals surface area contributed by atoms with Crippen LogP contribution in [-0.2, 0) is 25.8 Å². The molecule has 1 aromatic heterocycles. The van der Waals surface area contributed by atoms with Gasteiger partial charge in [0.2, 0.25) is 0 Å². The Balaban J connectivity index is 0.000000572. The third kappa shape index (κ3) is 5.92. The molecule has 196 valence electrons. The van der Waals surface area contributed by atoms with E-state index in [0.29, 0.717) is 12.1 Å². The van der Waals surface area contributed by atoms with Crippen molar-refractivity contribution in [2.24, 2.45) is 0 Å². The molecule has 0 saturated carbocycles. The summed E-state index contributed by atoms with van der Waals surface area (Å²) in [6.07, 6.45) is -1.72. The number of rotatable bonds is 4. The molecule has 2 aromatic rings. The standard InChI is InChI=1S/C18H16F3N3O4S.C2HF3O2/c1-11-10-22-8-7-12(11)9-17(2)15(25)24(16(26)23-17)13-3-5-14(6-4-13)29(27,28)18(19,20)21;3-2(4,5)1(6)7/h3-8,10H,9H2,1-2H3,(H,23,26);(H,6,7)/t17-;/m0./s1. The lowest BCUT2D eigenvalue weighted by Gasteiger charge is -2.22. The van der Waals surface area contributed by atoms with Crippen LogP contribution in [0.3, 0.4) is 0 Å². The number of hydrogen-bond donors (Lipinski definition) is 2. The highest BCUT2D eigenvalue weighted by Gasteiger charge is 2.49. The number of nitrogens with zero attached hydrogens (tertiary/aromatic N) is 2. The van der Waals surface area contributed by atoms with E-state index in [1.165, 1.54) is 6.92 Å². The van der Waals surface area contributed by atoms with Crippen molar-refractivity contribution < 1.29 is 54.3 Å². The van der Waals surface area contributed by atoms with Crippen molar-refractivity contribution in [2.75, 3.05) is 4.90 Å². The number of benzene rings is 1. The van der Waals surface area contributed by atoms with Crippen LogP contribution in [0.2, 0.25) is 0 Å². The number of anilines is 1. The lowest BCUT2D eigenvalue weighted by atomic mass is 9.91. The van der Waals surface area contributed by atoms with E-state index in [4.69, 9.17) is 9.90 Å². The summed E-state index contributed by atoms with van der Waals surface area (Å²) in [6, 6.07) is 4.36. The van der Waals surface area contributed by atoms with Crippen molar-refractivity contribution in [1.82, 2.24) is 10.3 Å². The molecule has 1 aromatic carbocycles. The van der Waals surface area contributed by atoms with E-state index in [1.54, 1.807) is 18.5 Å². The summed E-state index contributed by atoms with van der Waals surface area (Å²) >= 11 is 0. The first-order valence-electron chi connectivity index (χ1n) is 9.59. The number of hydrogen-bond acceptors (Lipinski definition) is 6. The molecule has 1 saturated heterocycles. The molecule has 0 unspecified atom stereocenters. The predicted octanol–water partition coefficient (Wildman–Crippen LogP) is 3.37. The number of aromatic nitrogens is 1. The summed E-state index contributed by atoms with van der Waals surface area (Å²) in [7, 11) is -5.52. The van der Waals surface area contributed by atoms with Gasteiger partial charge in [-0.1, -0.05) is 0 Å². The zero-order valence-corrected chi connectivity index (χ0v) is 19.1. The first-order chi connectivity index (χ1) is 16.3. The van der Waals surface area contributed by atoms with Crippen molar-refractivity contribution in [3.8, 4) is 0 Å². The molecule has 0 spiro atoms. The molecule has 16 heteroatoms. The first kappa shape index (κ1) is 28.5. The van der Waals surface area contributed by atoms with Crippen LogP contribution >= 0.6 is 0 Å². The molecular weight excluding hydrogens is 524 g/mol. The maximum atomic E-state index is 12.9. The van der Waals surface area contributed by atoms with Crippen LogP contribution in [0.5, 0.6) is 0 Å². The van der Waals surface area contributed by atoms with E-state index in [0.717, 1.165) is 28.2 Å². The van der Waals surface area contributed by atoms with E-state index in [9.17, 15) is 44.3 Å². The summed E-state index contributed by atoms with van der Waals surface area (Å²) in [5.41, 5.74) is -5.14. The van der Waals surface area contributed by atoms with E-state index in [-0.39, 0.29) is 12.1 Å². The molecule has 1 aliphatic rings. The minimum atomic E-state index is -5.52. The van der Waals surface area contributed by atoms with Gasteiger partial charge in [0.25, 0.3) is 15.7 Å². The Kier molecular flexibility index (Phi) is 7.73. The summed E-state index contributed by atoms with van der Waals surface area (Å²) in [5.74, 6) is -3.36. The van der Waals surface area contributed by atoms with Gasteiger partial charge < -0.3 is 10.4 Å². The molecule has 0 radical (unpaired) electrons. The Bertz CT molecular complexity index is 1280. The van der Waals surface area contributed by atoms with Crippen molar-refractivity contribution in [2.45, 2.75) is 42.4 Å². The van der Waals surface area contributed by atoms with Gasteiger partial charge in [0.1, 0.15) is 5.54 Å². The molecular formula is C20H17F6N3O6S.